The average molecular weight is 379 g/mol. The van der Waals surface area contributed by atoms with Crippen molar-refractivity contribution in [1.29, 1.82) is 0 Å². The second-order valence-electron chi connectivity index (χ2n) is 6.16. The lowest BCUT2D eigenvalue weighted by Crippen LogP contribution is -2.45. The van der Waals surface area contributed by atoms with E-state index in [1.807, 2.05) is 6.08 Å². The molecule has 1 N–H and O–H groups in total. The number of nitrogens with zero attached hydrogens (tertiary/aromatic N) is 1. The van der Waals surface area contributed by atoms with Crippen LogP contribution < -0.4 is 5.32 Å². The smallest absolute Gasteiger partial charge is 0.0352 e. The molecule has 3 rings (SSSR count). The largest absolute Gasteiger partial charge is 0.314 e. The van der Waals surface area contributed by atoms with Crippen LogP contribution in [0.2, 0.25) is 0 Å². The summed E-state index contributed by atoms with van der Waals surface area (Å²) >= 11 is 0. The monoisotopic (exact) mass is 378 g/mol. The molecule has 0 unspecified atom stereocenters. The lowest BCUT2D eigenvalue weighted by atomic mass is 9.95. The summed E-state index contributed by atoms with van der Waals surface area (Å²) < 4.78 is 0. The Hall–Kier alpha value is -1.32. The molecule has 1 saturated heterocycles. The van der Waals surface area contributed by atoms with Crippen molar-refractivity contribution >= 4 is 24.8 Å². The quantitative estimate of drug-likeness (QED) is 0.702. The van der Waals surface area contributed by atoms with Crippen molar-refractivity contribution in [3.05, 3.63) is 72.8 Å². The van der Waals surface area contributed by atoms with E-state index in [0.29, 0.717) is 6.04 Å². The molecular weight excluding hydrogens is 351 g/mol. The first-order valence-corrected chi connectivity index (χ1v) is 8.59. The van der Waals surface area contributed by atoms with E-state index in [1.165, 1.54) is 16.7 Å². The van der Waals surface area contributed by atoms with Crippen LogP contribution in [0.5, 0.6) is 0 Å². The first-order chi connectivity index (χ1) is 11.4. The number of benzene rings is 2. The molecule has 2 aromatic rings. The van der Waals surface area contributed by atoms with Crippen LogP contribution >= 0.6 is 24.8 Å². The molecule has 0 spiro atoms. The summed E-state index contributed by atoms with van der Waals surface area (Å²) in [5.74, 6) is 0. The predicted molar refractivity (Wildman–Crippen MR) is 113 cm³/mol. The van der Waals surface area contributed by atoms with Crippen LogP contribution in [0.1, 0.15) is 24.4 Å². The van der Waals surface area contributed by atoms with E-state index < -0.39 is 0 Å². The molecule has 2 aromatic carbocycles. The SMILES string of the molecule is C=CCC[C@H](c1cccc(-c2ccccc2)c1)N1CCNCC1.Cl.Cl. The molecule has 1 aliphatic heterocycles. The normalized spacial score (nSPS) is 15.5. The molecule has 0 bridgehead atoms. The summed E-state index contributed by atoms with van der Waals surface area (Å²) in [6, 6.07) is 20.2. The number of rotatable bonds is 6. The summed E-state index contributed by atoms with van der Waals surface area (Å²) in [5, 5.41) is 3.45. The maximum Gasteiger partial charge on any atom is 0.0352 e. The first-order valence-electron chi connectivity index (χ1n) is 8.59. The highest BCUT2D eigenvalue weighted by Crippen LogP contribution is 2.29. The van der Waals surface area contributed by atoms with Gasteiger partial charge >= 0.3 is 0 Å². The fourth-order valence-corrected chi connectivity index (χ4v) is 3.39. The van der Waals surface area contributed by atoms with Crippen molar-refractivity contribution in [2.24, 2.45) is 0 Å². The van der Waals surface area contributed by atoms with Gasteiger partial charge < -0.3 is 5.32 Å². The molecule has 0 amide bonds. The Balaban J connectivity index is 0.00000156. The fraction of sp³-hybridized carbons (Fsp3) is 0.333. The fourth-order valence-electron chi connectivity index (χ4n) is 3.39. The minimum atomic E-state index is 0. The Kier molecular flexibility index (Phi) is 9.84. The van der Waals surface area contributed by atoms with Crippen LogP contribution in [0.25, 0.3) is 11.1 Å². The van der Waals surface area contributed by atoms with E-state index in [1.54, 1.807) is 0 Å². The molecule has 0 saturated carbocycles. The van der Waals surface area contributed by atoms with Crippen LogP contribution in [0, 0.1) is 0 Å². The average Bonchev–Trinajstić information content (AvgIpc) is 2.64. The summed E-state index contributed by atoms with van der Waals surface area (Å²) in [5.41, 5.74) is 4.02. The van der Waals surface area contributed by atoms with Crippen LogP contribution in [0.3, 0.4) is 0 Å². The third-order valence-electron chi connectivity index (χ3n) is 4.62. The molecule has 0 aromatic heterocycles. The van der Waals surface area contributed by atoms with Crippen molar-refractivity contribution in [3.8, 4) is 11.1 Å². The van der Waals surface area contributed by atoms with Gasteiger partial charge in [0, 0.05) is 32.2 Å². The third-order valence-corrected chi connectivity index (χ3v) is 4.62. The molecule has 0 radical (unpaired) electrons. The molecule has 25 heavy (non-hydrogen) atoms. The number of piperazine rings is 1. The second kappa shape index (κ2) is 11.3. The molecule has 1 atom stereocenters. The zero-order valence-electron chi connectivity index (χ0n) is 14.6. The van der Waals surface area contributed by atoms with E-state index in [9.17, 15) is 0 Å². The van der Waals surface area contributed by atoms with Crippen molar-refractivity contribution in [3.63, 3.8) is 0 Å². The van der Waals surface area contributed by atoms with Crippen molar-refractivity contribution < 1.29 is 0 Å². The number of hydrogen-bond donors (Lipinski definition) is 1. The zero-order chi connectivity index (χ0) is 15.9. The van der Waals surface area contributed by atoms with Crippen LogP contribution in [0.4, 0.5) is 0 Å². The van der Waals surface area contributed by atoms with Gasteiger partial charge in [-0.25, -0.2) is 0 Å². The van der Waals surface area contributed by atoms with E-state index in [-0.39, 0.29) is 24.8 Å². The minimum absolute atomic E-state index is 0. The molecule has 4 heteroatoms. The van der Waals surface area contributed by atoms with Crippen LogP contribution in [-0.4, -0.2) is 31.1 Å². The summed E-state index contributed by atoms with van der Waals surface area (Å²) in [6.45, 7) is 8.32. The van der Waals surface area contributed by atoms with Gasteiger partial charge in [0.2, 0.25) is 0 Å². The number of nitrogens with one attached hydrogen (secondary N) is 1. The standard InChI is InChI=1S/C21H26N2.2ClH/c1-2-3-12-21(23-15-13-22-14-16-23)20-11-7-10-19(17-20)18-8-5-4-6-9-18;;/h2,4-11,17,21-22H,1,3,12-16H2;2*1H/t21-;;/m1../s1. The van der Waals surface area contributed by atoms with E-state index in [0.717, 1.165) is 39.0 Å². The molecule has 1 fully saturated rings. The van der Waals surface area contributed by atoms with Gasteiger partial charge in [-0.1, -0.05) is 54.6 Å². The number of hydrogen-bond acceptors (Lipinski definition) is 2. The molecular formula is C21H28Cl2N2. The molecule has 0 aliphatic carbocycles. The van der Waals surface area contributed by atoms with Gasteiger partial charge in [-0.3, -0.25) is 4.90 Å². The molecule has 2 nitrogen and oxygen atoms in total. The molecule has 136 valence electrons. The Morgan fingerprint density at radius 3 is 2.32 bits per heavy atom. The topological polar surface area (TPSA) is 15.3 Å². The summed E-state index contributed by atoms with van der Waals surface area (Å²) in [7, 11) is 0. The number of halogens is 2. The van der Waals surface area contributed by atoms with Crippen LogP contribution in [0.15, 0.2) is 67.3 Å². The Morgan fingerprint density at radius 2 is 1.64 bits per heavy atom. The maximum atomic E-state index is 3.91. The van der Waals surface area contributed by atoms with E-state index in [4.69, 9.17) is 0 Å². The van der Waals surface area contributed by atoms with Gasteiger partial charge in [0.15, 0.2) is 0 Å². The van der Waals surface area contributed by atoms with Gasteiger partial charge in [-0.05, 0) is 35.6 Å². The lowest BCUT2D eigenvalue weighted by Gasteiger charge is -2.35. The Labute approximate surface area is 164 Å². The van der Waals surface area contributed by atoms with Gasteiger partial charge in [-0.2, -0.15) is 0 Å². The molecule has 1 aliphatic rings. The highest BCUT2D eigenvalue weighted by atomic mass is 35.5. The van der Waals surface area contributed by atoms with Gasteiger partial charge in [0.1, 0.15) is 0 Å². The second-order valence-corrected chi connectivity index (χ2v) is 6.16. The van der Waals surface area contributed by atoms with E-state index >= 15 is 0 Å². The van der Waals surface area contributed by atoms with Crippen molar-refractivity contribution in [2.45, 2.75) is 18.9 Å². The summed E-state index contributed by atoms with van der Waals surface area (Å²) in [4.78, 5) is 2.62. The zero-order valence-corrected chi connectivity index (χ0v) is 16.2. The predicted octanol–water partition coefficient (Wildman–Crippen LogP) is 5.11. The Bertz CT molecular complexity index is 625. The van der Waals surface area contributed by atoms with Gasteiger partial charge in [0.05, 0.1) is 0 Å². The third kappa shape index (κ3) is 5.86. The van der Waals surface area contributed by atoms with Crippen molar-refractivity contribution in [1.82, 2.24) is 10.2 Å². The van der Waals surface area contributed by atoms with E-state index in [2.05, 4.69) is 71.4 Å². The highest BCUT2D eigenvalue weighted by molar-refractivity contribution is 5.85. The molecule has 1 heterocycles. The number of allylic oxidation sites excluding steroid dienone is 1. The van der Waals surface area contributed by atoms with Gasteiger partial charge in [0.25, 0.3) is 0 Å². The maximum absolute atomic E-state index is 3.91. The lowest BCUT2D eigenvalue weighted by molar-refractivity contribution is 0.166. The van der Waals surface area contributed by atoms with Crippen molar-refractivity contribution in [2.75, 3.05) is 26.2 Å². The minimum Gasteiger partial charge on any atom is -0.314 e. The van der Waals surface area contributed by atoms with Crippen LogP contribution in [-0.2, 0) is 0 Å². The summed E-state index contributed by atoms with van der Waals surface area (Å²) in [6.07, 6.45) is 4.24. The van der Waals surface area contributed by atoms with Gasteiger partial charge in [-0.15, -0.1) is 31.4 Å². The Morgan fingerprint density at radius 1 is 0.960 bits per heavy atom. The highest BCUT2D eigenvalue weighted by Gasteiger charge is 2.21. The first kappa shape index (κ1) is 21.7.